The first kappa shape index (κ1) is 18.6. The van der Waals surface area contributed by atoms with Crippen LogP contribution in [0.15, 0.2) is 65.7 Å². The maximum Gasteiger partial charge on any atom is 0.293 e. The van der Waals surface area contributed by atoms with Gasteiger partial charge < -0.3 is 5.32 Å². The standard InChI is InChI=1S/C22H21N5O2/c1-3-16-7-9-17(10-8-16)19-12-20-22(29)26(23-14-27(20)25-19)13-21(28)24-18-6-4-5-15(2)11-18/h4-12,14H,3,13H2,1-2H3,(H,24,28). The number of nitrogens with one attached hydrogen (secondary N) is 1. The third-order valence-electron chi connectivity index (χ3n) is 4.74. The molecule has 0 aliphatic carbocycles. The van der Waals surface area contributed by atoms with Crippen molar-refractivity contribution in [1.29, 1.82) is 0 Å². The number of fused-ring (bicyclic) bond motifs is 1. The van der Waals surface area contributed by atoms with Crippen LogP contribution in [0.4, 0.5) is 5.69 Å². The first-order valence-corrected chi connectivity index (χ1v) is 9.45. The largest absolute Gasteiger partial charge is 0.324 e. The summed E-state index contributed by atoms with van der Waals surface area (Å²) in [5.74, 6) is -0.315. The van der Waals surface area contributed by atoms with Crippen molar-refractivity contribution < 1.29 is 4.79 Å². The summed E-state index contributed by atoms with van der Waals surface area (Å²) in [7, 11) is 0. The number of nitrogens with zero attached hydrogens (tertiary/aromatic N) is 4. The summed E-state index contributed by atoms with van der Waals surface area (Å²) >= 11 is 0. The number of benzene rings is 2. The Morgan fingerprint density at radius 3 is 2.62 bits per heavy atom. The van der Waals surface area contributed by atoms with Crippen LogP contribution in [-0.4, -0.2) is 25.3 Å². The molecule has 0 fully saturated rings. The van der Waals surface area contributed by atoms with Crippen LogP contribution in [0.1, 0.15) is 18.1 Å². The predicted octanol–water partition coefficient (Wildman–Crippen LogP) is 3.07. The van der Waals surface area contributed by atoms with E-state index < -0.39 is 0 Å². The van der Waals surface area contributed by atoms with Crippen LogP contribution < -0.4 is 10.9 Å². The number of carbonyl (C=O) groups excluding carboxylic acids is 1. The van der Waals surface area contributed by atoms with Gasteiger partial charge in [-0.3, -0.25) is 9.59 Å². The Kier molecular flexibility index (Phi) is 4.95. The van der Waals surface area contributed by atoms with E-state index in [1.165, 1.54) is 16.4 Å². The van der Waals surface area contributed by atoms with Crippen LogP contribution in [0.3, 0.4) is 0 Å². The highest BCUT2D eigenvalue weighted by Gasteiger charge is 2.12. The van der Waals surface area contributed by atoms with Crippen LogP contribution in [0.2, 0.25) is 0 Å². The summed E-state index contributed by atoms with van der Waals surface area (Å²) in [5, 5.41) is 11.3. The second-order valence-electron chi connectivity index (χ2n) is 6.92. The number of aromatic nitrogens is 4. The van der Waals surface area contributed by atoms with Crippen molar-refractivity contribution in [3.05, 3.63) is 82.4 Å². The minimum atomic E-state index is -0.365. The molecule has 2 heterocycles. The molecule has 0 aliphatic heterocycles. The number of anilines is 1. The van der Waals surface area contributed by atoms with Crippen molar-refractivity contribution in [3.63, 3.8) is 0 Å². The number of carbonyl (C=O) groups is 1. The normalized spacial score (nSPS) is 11.0. The minimum absolute atomic E-state index is 0.172. The van der Waals surface area contributed by atoms with Crippen LogP contribution in [-0.2, 0) is 17.8 Å². The van der Waals surface area contributed by atoms with Gasteiger partial charge in [-0.15, -0.1) is 0 Å². The second-order valence-corrected chi connectivity index (χ2v) is 6.92. The Morgan fingerprint density at radius 1 is 1.10 bits per heavy atom. The zero-order valence-corrected chi connectivity index (χ0v) is 16.3. The first-order chi connectivity index (χ1) is 14.0. The molecule has 0 unspecified atom stereocenters. The van der Waals surface area contributed by atoms with Crippen molar-refractivity contribution in [2.45, 2.75) is 26.8 Å². The van der Waals surface area contributed by atoms with Gasteiger partial charge in [0.1, 0.15) is 18.4 Å². The summed E-state index contributed by atoms with van der Waals surface area (Å²) < 4.78 is 2.59. The fourth-order valence-corrected chi connectivity index (χ4v) is 3.16. The highest BCUT2D eigenvalue weighted by molar-refractivity contribution is 5.90. The average molecular weight is 387 g/mol. The fourth-order valence-electron chi connectivity index (χ4n) is 3.16. The zero-order valence-electron chi connectivity index (χ0n) is 16.3. The lowest BCUT2D eigenvalue weighted by Gasteiger charge is -2.07. The quantitative estimate of drug-likeness (QED) is 0.571. The van der Waals surface area contributed by atoms with Gasteiger partial charge in [0, 0.05) is 11.3 Å². The molecule has 0 atom stereocenters. The van der Waals surface area contributed by atoms with Crippen molar-refractivity contribution in [2.24, 2.45) is 0 Å². The third-order valence-corrected chi connectivity index (χ3v) is 4.74. The van der Waals surface area contributed by atoms with E-state index in [0.717, 1.165) is 22.2 Å². The van der Waals surface area contributed by atoms with Gasteiger partial charge in [-0.1, -0.05) is 43.3 Å². The van der Waals surface area contributed by atoms with E-state index in [4.69, 9.17) is 0 Å². The van der Waals surface area contributed by atoms with Gasteiger partial charge in [-0.25, -0.2) is 9.20 Å². The zero-order chi connectivity index (χ0) is 20.4. The van der Waals surface area contributed by atoms with Gasteiger partial charge in [-0.2, -0.15) is 10.2 Å². The maximum absolute atomic E-state index is 12.8. The second kappa shape index (κ2) is 7.71. The summed E-state index contributed by atoms with van der Waals surface area (Å²) in [6.07, 6.45) is 2.41. The molecule has 4 aromatic rings. The molecule has 0 aliphatic rings. The highest BCUT2D eigenvalue weighted by atomic mass is 16.2. The number of hydrogen-bond donors (Lipinski definition) is 1. The number of hydrogen-bond acceptors (Lipinski definition) is 4. The van der Waals surface area contributed by atoms with E-state index in [-0.39, 0.29) is 18.0 Å². The first-order valence-electron chi connectivity index (χ1n) is 9.45. The van der Waals surface area contributed by atoms with E-state index >= 15 is 0 Å². The molecule has 0 radical (unpaired) electrons. The average Bonchev–Trinajstić information content (AvgIpc) is 3.15. The molecular formula is C22H21N5O2. The number of amides is 1. The molecule has 2 aromatic carbocycles. The van der Waals surface area contributed by atoms with Crippen molar-refractivity contribution in [1.82, 2.24) is 19.4 Å². The molecule has 2 aromatic heterocycles. The molecule has 0 spiro atoms. The van der Waals surface area contributed by atoms with Crippen LogP contribution in [0, 0.1) is 6.92 Å². The molecule has 29 heavy (non-hydrogen) atoms. The Labute approximate surface area is 167 Å². The third kappa shape index (κ3) is 3.94. The van der Waals surface area contributed by atoms with Crippen molar-refractivity contribution in [3.8, 4) is 11.3 Å². The van der Waals surface area contributed by atoms with Gasteiger partial charge >= 0.3 is 0 Å². The SMILES string of the molecule is CCc1ccc(-c2cc3c(=O)n(CC(=O)Nc4cccc(C)c4)ncn3n2)cc1. The molecule has 146 valence electrons. The van der Waals surface area contributed by atoms with E-state index in [0.29, 0.717) is 16.9 Å². The summed E-state index contributed by atoms with van der Waals surface area (Å²) in [5.41, 5.74) is 4.59. The summed E-state index contributed by atoms with van der Waals surface area (Å²) in [4.78, 5) is 25.1. The molecule has 7 heteroatoms. The Hall–Kier alpha value is -3.74. The number of aryl methyl sites for hydroxylation is 2. The van der Waals surface area contributed by atoms with E-state index in [9.17, 15) is 9.59 Å². The monoisotopic (exact) mass is 387 g/mol. The molecule has 0 saturated carbocycles. The summed E-state index contributed by atoms with van der Waals surface area (Å²) in [6, 6.07) is 17.3. The highest BCUT2D eigenvalue weighted by Crippen LogP contribution is 2.19. The minimum Gasteiger partial charge on any atom is -0.324 e. The summed E-state index contributed by atoms with van der Waals surface area (Å²) in [6.45, 7) is 3.88. The molecule has 1 N–H and O–H groups in total. The lowest BCUT2D eigenvalue weighted by molar-refractivity contribution is -0.117. The molecule has 0 bridgehead atoms. The van der Waals surface area contributed by atoms with E-state index in [2.05, 4.69) is 22.4 Å². The maximum atomic E-state index is 12.8. The van der Waals surface area contributed by atoms with Gasteiger partial charge in [0.25, 0.3) is 5.56 Å². The van der Waals surface area contributed by atoms with Crippen LogP contribution in [0.25, 0.3) is 16.8 Å². The Bertz CT molecular complexity index is 1240. The van der Waals surface area contributed by atoms with Gasteiger partial charge in [0.2, 0.25) is 5.91 Å². The lowest BCUT2D eigenvalue weighted by Crippen LogP contribution is -2.30. The smallest absolute Gasteiger partial charge is 0.293 e. The van der Waals surface area contributed by atoms with Gasteiger partial charge in [-0.05, 0) is 42.7 Å². The Morgan fingerprint density at radius 2 is 1.90 bits per heavy atom. The van der Waals surface area contributed by atoms with Crippen molar-refractivity contribution in [2.75, 3.05) is 5.32 Å². The topological polar surface area (TPSA) is 81.3 Å². The Balaban J connectivity index is 1.58. The molecule has 4 rings (SSSR count). The molecule has 7 nitrogen and oxygen atoms in total. The molecule has 1 amide bonds. The fraction of sp³-hybridized carbons (Fsp3) is 0.182. The predicted molar refractivity (Wildman–Crippen MR) is 112 cm³/mol. The molecular weight excluding hydrogens is 366 g/mol. The lowest BCUT2D eigenvalue weighted by atomic mass is 10.1. The van der Waals surface area contributed by atoms with Gasteiger partial charge in [0.05, 0.1) is 5.69 Å². The molecule has 0 saturated heterocycles. The number of rotatable bonds is 5. The van der Waals surface area contributed by atoms with Crippen molar-refractivity contribution >= 4 is 17.1 Å². The van der Waals surface area contributed by atoms with Crippen LogP contribution >= 0.6 is 0 Å². The van der Waals surface area contributed by atoms with E-state index in [1.54, 1.807) is 12.1 Å². The van der Waals surface area contributed by atoms with Crippen LogP contribution in [0.5, 0.6) is 0 Å². The van der Waals surface area contributed by atoms with E-state index in [1.807, 2.05) is 49.4 Å². The van der Waals surface area contributed by atoms with Gasteiger partial charge in [0.15, 0.2) is 0 Å².